The van der Waals surface area contributed by atoms with Gasteiger partial charge in [-0.1, -0.05) is 31.9 Å². The molecule has 0 radical (unpaired) electrons. The lowest BCUT2D eigenvalue weighted by Crippen LogP contribution is -2.25. The fourth-order valence-corrected chi connectivity index (χ4v) is 5.59. The SMILES string of the molecule is CC1CCC(C2CCC(Cc3ccc(-c4cc(F)c(F)c(F)c4)c(F)c3)CC2)CC1. The average molecular weight is 419 g/mol. The van der Waals surface area contributed by atoms with Gasteiger partial charge in [0.2, 0.25) is 0 Å². The summed E-state index contributed by atoms with van der Waals surface area (Å²) < 4.78 is 54.8. The normalized spacial score (nSPS) is 27.2. The maximum absolute atomic E-state index is 14.7. The van der Waals surface area contributed by atoms with Crippen molar-refractivity contribution < 1.29 is 17.6 Å². The predicted molar refractivity (Wildman–Crippen MR) is 112 cm³/mol. The second-order valence-electron chi connectivity index (χ2n) is 9.57. The predicted octanol–water partition coefficient (Wildman–Crippen LogP) is 8.09. The first-order valence-corrected chi connectivity index (χ1v) is 11.3. The van der Waals surface area contributed by atoms with E-state index in [0.717, 1.165) is 41.9 Å². The fourth-order valence-electron chi connectivity index (χ4n) is 5.59. The Hall–Kier alpha value is -1.84. The summed E-state index contributed by atoms with van der Waals surface area (Å²) in [6, 6.07) is 6.51. The molecule has 162 valence electrons. The Morgan fingerprint density at radius 2 is 1.27 bits per heavy atom. The van der Waals surface area contributed by atoms with E-state index in [1.807, 2.05) is 6.07 Å². The number of rotatable bonds is 4. The molecule has 4 heteroatoms. The second kappa shape index (κ2) is 9.11. The van der Waals surface area contributed by atoms with Crippen LogP contribution in [0.15, 0.2) is 30.3 Å². The van der Waals surface area contributed by atoms with Gasteiger partial charge in [-0.05, 0) is 97.9 Å². The van der Waals surface area contributed by atoms with Crippen molar-refractivity contribution in [3.8, 4) is 11.1 Å². The van der Waals surface area contributed by atoms with Crippen LogP contribution in [0.3, 0.4) is 0 Å². The van der Waals surface area contributed by atoms with E-state index in [9.17, 15) is 17.6 Å². The molecule has 2 fully saturated rings. The smallest absolute Gasteiger partial charge is 0.194 e. The fraction of sp³-hybridized carbons (Fsp3) is 0.538. The monoisotopic (exact) mass is 418 g/mol. The number of benzene rings is 2. The molecule has 0 atom stereocenters. The molecule has 0 aliphatic heterocycles. The lowest BCUT2D eigenvalue weighted by Gasteiger charge is -2.37. The minimum absolute atomic E-state index is 0.0118. The van der Waals surface area contributed by atoms with Crippen LogP contribution in [0.25, 0.3) is 11.1 Å². The van der Waals surface area contributed by atoms with Crippen molar-refractivity contribution in [3.63, 3.8) is 0 Å². The summed E-state index contributed by atoms with van der Waals surface area (Å²) in [5.74, 6) is -1.47. The molecule has 0 spiro atoms. The van der Waals surface area contributed by atoms with Crippen LogP contribution in [0.5, 0.6) is 0 Å². The Morgan fingerprint density at radius 1 is 0.700 bits per heavy atom. The van der Waals surface area contributed by atoms with E-state index in [0.29, 0.717) is 5.92 Å². The molecule has 30 heavy (non-hydrogen) atoms. The zero-order valence-corrected chi connectivity index (χ0v) is 17.6. The molecule has 0 bridgehead atoms. The molecule has 0 unspecified atom stereocenters. The van der Waals surface area contributed by atoms with Crippen LogP contribution in [0.2, 0.25) is 0 Å². The van der Waals surface area contributed by atoms with Crippen LogP contribution in [-0.4, -0.2) is 0 Å². The van der Waals surface area contributed by atoms with Gasteiger partial charge in [-0.25, -0.2) is 17.6 Å². The van der Waals surface area contributed by atoms with Gasteiger partial charge in [-0.3, -0.25) is 0 Å². The van der Waals surface area contributed by atoms with E-state index in [4.69, 9.17) is 0 Å². The van der Waals surface area contributed by atoms with Crippen molar-refractivity contribution in [1.29, 1.82) is 0 Å². The molecule has 2 aromatic rings. The third-order valence-corrected chi connectivity index (χ3v) is 7.47. The van der Waals surface area contributed by atoms with Gasteiger partial charge >= 0.3 is 0 Å². The summed E-state index contributed by atoms with van der Waals surface area (Å²) in [5.41, 5.74) is 1.01. The zero-order chi connectivity index (χ0) is 21.3. The van der Waals surface area contributed by atoms with Gasteiger partial charge in [-0.2, -0.15) is 0 Å². The van der Waals surface area contributed by atoms with Gasteiger partial charge in [0, 0.05) is 5.56 Å². The minimum Gasteiger partial charge on any atom is -0.206 e. The summed E-state index contributed by atoms with van der Waals surface area (Å²) in [7, 11) is 0. The van der Waals surface area contributed by atoms with Gasteiger partial charge in [0.15, 0.2) is 17.5 Å². The number of hydrogen-bond acceptors (Lipinski definition) is 0. The summed E-state index contributed by atoms with van der Waals surface area (Å²) >= 11 is 0. The number of halogens is 4. The Kier molecular flexibility index (Phi) is 6.50. The molecule has 0 heterocycles. The van der Waals surface area contributed by atoms with Gasteiger partial charge in [0.05, 0.1) is 0 Å². The Labute approximate surface area is 176 Å². The first-order chi connectivity index (χ1) is 14.4. The highest BCUT2D eigenvalue weighted by atomic mass is 19.2. The first-order valence-electron chi connectivity index (χ1n) is 11.3. The molecule has 0 nitrogen and oxygen atoms in total. The van der Waals surface area contributed by atoms with Gasteiger partial charge in [0.1, 0.15) is 5.82 Å². The largest absolute Gasteiger partial charge is 0.206 e. The highest BCUT2D eigenvalue weighted by molar-refractivity contribution is 5.64. The van der Waals surface area contributed by atoms with Crippen LogP contribution in [-0.2, 0) is 6.42 Å². The van der Waals surface area contributed by atoms with Crippen LogP contribution in [0, 0.1) is 46.9 Å². The second-order valence-corrected chi connectivity index (χ2v) is 9.57. The Balaban J connectivity index is 1.37. The molecule has 0 saturated heterocycles. The van der Waals surface area contributed by atoms with Crippen LogP contribution in [0.1, 0.15) is 63.9 Å². The quantitative estimate of drug-likeness (QED) is 0.348. The summed E-state index contributed by atoms with van der Waals surface area (Å²) in [5, 5.41) is 0. The minimum atomic E-state index is -1.53. The third kappa shape index (κ3) is 4.73. The lowest BCUT2D eigenvalue weighted by atomic mass is 9.69. The molecule has 2 aromatic carbocycles. The van der Waals surface area contributed by atoms with Crippen molar-refractivity contribution in [2.24, 2.45) is 23.7 Å². The van der Waals surface area contributed by atoms with Crippen molar-refractivity contribution in [1.82, 2.24) is 0 Å². The Bertz CT molecular complexity index is 852. The van der Waals surface area contributed by atoms with E-state index in [-0.39, 0.29) is 11.1 Å². The molecule has 4 rings (SSSR count). The highest BCUT2D eigenvalue weighted by Crippen LogP contribution is 2.42. The number of hydrogen-bond donors (Lipinski definition) is 0. The summed E-state index contributed by atoms with van der Waals surface area (Å²) in [6.07, 6.45) is 11.3. The van der Waals surface area contributed by atoms with Gasteiger partial charge in [-0.15, -0.1) is 0 Å². The maximum Gasteiger partial charge on any atom is 0.194 e. The standard InChI is InChI=1S/C26H30F4/c1-16-2-7-19(8-3-16)20-9-4-17(5-10-20)12-18-6-11-22(23(27)13-18)21-14-24(28)26(30)25(29)15-21/h6,11,13-17,19-20H,2-5,7-10,12H2,1H3. The lowest BCUT2D eigenvalue weighted by molar-refractivity contribution is 0.150. The average Bonchev–Trinajstić information content (AvgIpc) is 2.73. The van der Waals surface area contributed by atoms with E-state index in [1.54, 1.807) is 6.07 Å². The van der Waals surface area contributed by atoms with E-state index < -0.39 is 23.3 Å². The molecular formula is C26H30F4. The molecule has 2 aliphatic rings. The van der Waals surface area contributed by atoms with Crippen molar-refractivity contribution in [2.45, 2.75) is 64.7 Å². The molecular weight excluding hydrogens is 388 g/mol. The van der Waals surface area contributed by atoms with Crippen molar-refractivity contribution in [3.05, 3.63) is 59.2 Å². The van der Waals surface area contributed by atoms with Crippen molar-refractivity contribution in [2.75, 3.05) is 0 Å². The van der Waals surface area contributed by atoms with Crippen molar-refractivity contribution >= 4 is 0 Å². The third-order valence-electron chi connectivity index (χ3n) is 7.47. The van der Waals surface area contributed by atoms with E-state index in [1.165, 1.54) is 57.4 Å². The molecule has 2 saturated carbocycles. The molecule has 0 amide bonds. The van der Waals surface area contributed by atoms with Crippen LogP contribution in [0.4, 0.5) is 17.6 Å². The summed E-state index contributed by atoms with van der Waals surface area (Å²) in [4.78, 5) is 0. The summed E-state index contributed by atoms with van der Waals surface area (Å²) in [6.45, 7) is 2.36. The van der Waals surface area contributed by atoms with Gasteiger partial charge in [0.25, 0.3) is 0 Å². The highest BCUT2D eigenvalue weighted by Gasteiger charge is 2.30. The first kappa shape index (κ1) is 21.4. The van der Waals surface area contributed by atoms with Gasteiger partial charge < -0.3 is 0 Å². The maximum atomic E-state index is 14.7. The van der Waals surface area contributed by atoms with E-state index >= 15 is 0 Å². The molecule has 0 N–H and O–H groups in total. The molecule has 2 aliphatic carbocycles. The van der Waals surface area contributed by atoms with E-state index in [2.05, 4.69) is 6.92 Å². The molecule has 0 aromatic heterocycles. The van der Waals surface area contributed by atoms with Crippen LogP contribution >= 0.6 is 0 Å². The Morgan fingerprint density at radius 3 is 1.83 bits per heavy atom. The van der Waals surface area contributed by atoms with Crippen LogP contribution < -0.4 is 0 Å². The topological polar surface area (TPSA) is 0 Å². The zero-order valence-electron chi connectivity index (χ0n) is 17.6.